The fraction of sp³-hybridized carbons (Fsp3) is 0.368. The van der Waals surface area contributed by atoms with Crippen molar-refractivity contribution in [3.8, 4) is 11.3 Å². The van der Waals surface area contributed by atoms with Gasteiger partial charge in [-0.05, 0) is 50.8 Å². The minimum Gasteiger partial charge on any atom is -0.350 e. The van der Waals surface area contributed by atoms with Crippen molar-refractivity contribution in [3.05, 3.63) is 36.4 Å². The molecule has 0 amide bonds. The van der Waals surface area contributed by atoms with Gasteiger partial charge in [-0.1, -0.05) is 0 Å². The highest BCUT2D eigenvalue weighted by molar-refractivity contribution is 5.82. The molecule has 4 aromatic rings. The van der Waals surface area contributed by atoms with E-state index in [0.29, 0.717) is 12.0 Å². The Morgan fingerprint density at radius 3 is 2.85 bits per heavy atom. The molecule has 7 nitrogen and oxygen atoms in total. The molecule has 1 aliphatic carbocycles. The third kappa shape index (κ3) is 2.42. The van der Waals surface area contributed by atoms with Crippen molar-refractivity contribution in [3.63, 3.8) is 0 Å². The third-order valence-electron chi connectivity index (χ3n) is 5.32. The van der Waals surface area contributed by atoms with E-state index in [9.17, 15) is 0 Å². The highest BCUT2D eigenvalue weighted by Crippen LogP contribution is 2.33. The Morgan fingerprint density at radius 1 is 1.19 bits per heavy atom. The number of rotatable bonds is 4. The van der Waals surface area contributed by atoms with Gasteiger partial charge in [-0.25, -0.2) is 19.5 Å². The zero-order valence-corrected chi connectivity index (χ0v) is 15.1. The molecule has 4 heterocycles. The Kier molecular flexibility index (Phi) is 3.25. The van der Waals surface area contributed by atoms with Gasteiger partial charge in [-0.3, -0.25) is 0 Å². The van der Waals surface area contributed by atoms with Gasteiger partial charge in [0.25, 0.3) is 0 Å². The van der Waals surface area contributed by atoms with Gasteiger partial charge in [0, 0.05) is 24.8 Å². The van der Waals surface area contributed by atoms with Gasteiger partial charge in [0.2, 0.25) is 5.95 Å². The maximum absolute atomic E-state index is 4.81. The molecule has 0 bridgehead atoms. The Labute approximate surface area is 151 Å². The molecule has 7 heteroatoms. The number of fused-ring (bicyclic) bond motifs is 2. The molecule has 1 fully saturated rings. The zero-order chi connectivity index (χ0) is 17.8. The Morgan fingerprint density at radius 2 is 2.04 bits per heavy atom. The highest BCUT2D eigenvalue weighted by atomic mass is 15.3. The van der Waals surface area contributed by atoms with E-state index >= 15 is 0 Å². The third-order valence-corrected chi connectivity index (χ3v) is 5.32. The van der Waals surface area contributed by atoms with E-state index in [4.69, 9.17) is 4.98 Å². The molecule has 0 saturated heterocycles. The van der Waals surface area contributed by atoms with Crippen LogP contribution in [-0.2, 0) is 7.05 Å². The molecule has 132 valence electrons. The summed E-state index contributed by atoms with van der Waals surface area (Å²) in [7, 11) is 1.99. The summed E-state index contributed by atoms with van der Waals surface area (Å²) in [6.07, 6.45) is 6.42. The second-order valence-corrected chi connectivity index (χ2v) is 7.17. The SMILES string of the molecule is Cc1nc2ccc(-c3ccn4nc(N[C@@H](C)C5CC5)ncc34)nc2n1C. The Bertz CT molecular complexity index is 1120. The predicted molar refractivity (Wildman–Crippen MR) is 101 cm³/mol. The monoisotopic (exact) mass is 347 g/mol. The second-order valence-electron chi connectivity index (χ2n) is 7.17. The molecule has 0 unspecified atom stereocenters. The fourth-order valence-corrected chi connectivity index (χ4v) is 3.43. The summed E-state index contributed by atoms with van der Waals surface area (Å²) in [6, 6.07) is 6.48. The number of nitrogens with one attached hydrogen (secondary N) is 1. The number of aryl methyl sites for hydroxylation is 2. The van der Waals surface area contributed by atoms with Crippen molar-refractivity contribution in [2.75, 3.05) is 5.32 Å². The standard InChI is InChI=1S/C19H21N7/c1-11(13-4-5-13)21-19-20-10-17-14(8-9-26(17)24-19)15-6-7-16-18(23-15)25(3)12(2)22-16/h6-11,13H,4-5H2,1-3H3,(H,21,24)/t11-/m0/s1. The first kappa shape index (κ1) is 15.3. The lowest BCUT2D eigenvalue weighted by Gasteiger charge is -2.12. The molecule has 4 aromatic heterocycles. The van der Waals surface area contributed by atoms with E-state index in [1.54, 1.807) is 0 Å². The number of aromatic nitrogens is 6. The van der Waals surface area contributed by atoms with Gasteiger partial charge in [-0.15, -0.1) is 5.10 Å². The van der Waals surface area contributed by atoms with Crippen LogP contribution in [0.2, 0.25) is 0 Å². The number of anilines is 1. The Balaban J connectivity index is 1.53. The number of hydrogen-bond acceptors (Lipinski definition) is 5. The highest BCUT2D eigenvalue weighted by Gasteiger charge is 2.28. The molecular weight excluding hydrogens is 326 g/mol. The summed E-state index contributed by atoms with van der Waals surface area (Å²) < 4.78 is 3.87. The van der Waals surface area contributed by atoms with E-state index in [0.717, 1.165) is 39.7 Å². The van der Waals surface area contributed by atoms with Crippen molar-refractivity contribution in [2.45, 2.75) is 32.7 Å². The molecule has 0 aliphatic heterocycles. The minimum atomic E-state index is 0.416. The molecule has 1 saturated carbocycles. The average molecular weight is 347 g/mol. The quantitative estimate of drug-likeness (QED) is 0.614. The lowest BCUT2D eigenvalue weighted by molar-refractivity contribution is 0.681. The van der Waals surface area contributed by atoms with Crippen LogP contribution in [0.1, 0.15) is 25.6 Å². The Hall–Kier alpha value is -2.96. The summed E-state index contributed by atoms with van der Waals surface area (Å²) in [5.41, 5.74) is 4.66. The number of pyridine rings is 1. The normalized spacial score (nSPS) is 15.7. The van der Waals surface area contributed by atoms with E-state index in [-0.39, 0.29) is 0 Å². The predicted octanol–water partition coefficient (Wildman–Crippen LogP) is 3.20. The van der Waals surface area contributed by atoms with Crippen LogP contribution in [0.3, 0.4) is 0 Å². The first-order valence-electron chi connectivity index (χ1n) is 9.01. The van der Waals surface area contributed by atoms with Crippen LogP contribution in [0.5, 0.6) is 0 Å². The average Bonchev–Trinajstić information content (AvgIpc) is 3.35. The number of imidazole rings is 1. The molecule has 0 radical (unpaired) electrons. The van der Waals surface area contributed by atoms with Gasteiger partial charge in [0.05, 0.1) is 17.4 Å². The lowest BCUT2D eigenvalue weighted by Crippen LogP contribution is -2.19. The van der Waals surface area contributed by atoms with Crippen LogP contribution in [0.15, 0.2) is 30.6 Å². The van der Waals surface area contributed by atoms with E-state index in [1.807, 2.05) is 53.6 Å². The summed E-state index contributed by atoms with van der Waals surface area (Å²) in [5, 5.41) is 8.01. The van der Waals surface area contributed by atoms with E-state index in [1.165, 1.54) is 12.8 Å². The molecule has 5 rings (SSSR count). The number of hydrogen-bond donors (Lipinski definition) is 1. The molecule has 1 N–H and O–H groups in total. The van der Waals surface area contributed by atoms with Crippen LogP contribution < -0.4 is 5.32 Å². The zero-order valence-electron chi connectivity index (χ0n) is 15.1. The van der Waals surface area contributed by atoms with Gasteiger partial charge in [-0.2, -0.15) is 0 Å². The summed E-state index contributed by atoms with van der Waals surface area (Å²) >= 11 is 0. The lowest BCUT2D eigenvalue weighted by atomic mass is 10.2. The second kappa shape index (κ2) is 5.52. The van der Waals surface area contributed by atoms with Crippen molar-refractivity contribution in [1.29, 1.82) is 0 Å². The molecular formula is C19H21N7. The van der Waals surface area contributed by atoms with Crippen molar-refractivity contribution in [2.24, 2.45) is 13.0 Å². The minimum absolute atomic E-state index is 0.416. The molecule has 0 aromatic carbocycles. The van der Waals surface area contributed by atoms with E-state index in [2.05, 4.69) is 27.3 Å². The van der Waals surface area contributed by atoms with Crippen LogP contribution in [0.25, 0.3) is 27.9 Å². The van der Waals surface area contributed by atoms with Gasteiger partial charge < -0.3 is 9.88 Å². The van der Waals surface area contributed by atoms with Crippen molar-refractivity contribution in [1.82, 2.24) is 29.1 Å². The van der Waals surface area contributed by atoms with Gasteiger partial charge >= 0.3 is 0 Å². The molecule has 1 aliphatic rings. The first-order chi connectivity index (χ1) is 12.6. The van der Waals surface area contributed by atoms with Crippen LogP contribution in [0, 0.1) is 12.8 Å². The first-order valence-corrected chi connectivity index (χ1v) is 9.01. The number of nitrogens with zero attached hydrogens (tertiary/aromatic N) is 6. The maximum atomic E-state index is 4.81. The fourth-order valence-electron chi connectivity index (χ4n) is 3.43. The summed E-state index contributed by atoms with van der Waals surface area (Å²) in [4.78, 5) is 13.8. The summed E-state index contributed by atoms with van der Waals surface area (Å²) in [5.74, 6) is 2.38. The van der Waals surface area contributed by atoms with Gasteiger partial charge in [0.15, 0.2) is 5.65 Å². The molecule has 0 spiro atoms. The maximum Gasteiger partial charge on any atom is 0.241 e. The topological polar surface area (TPSA) is 72.9 Å². The van der Waals surface area contributed by atoms with E-state index < -0.39 is 0 Å². The largest absolute Gasteiger partial charge is 0.350 e. The van der Waals surface area contributed by atoms with Crippen molar-refractivity contribution < 1.29 is 0 Å². The van der Waals surface area contributed by atoms with Crippen LogP contribution in [0.4, 0.5) is 5.95 Å². The van der Waals surface area contributed by atoms with Crippen LogP contribution >= 0.6 is 0 Å². The summed E-state index contributed by atoms with van der Waals surface area (Å²) in [6.45, 7) is 4.18. The molecule has 1 atom stereocenters. The van der Waals surface area contributed by atoms with Crippen molar-refractivity contribution >= 4 is 22.6 Å². The van der Waals surface area contributed by atoms with Gasteiger partial charge in [0.1, 0.15) is 11.3 Å². The smallest absolute Gasteiger partial charge is 0.241 e. The molecule has 26 heavy (non-hydrogen) atoms. The van der Waals surface area contributed by atoms with Crippen LogP contribution in [-0.4, -0.2) is 35.2 Å².